The zero-order chi connectivity index (χ0) is 62.2. The first-order valence-electron chi connectivity index (χ1n) is 28.5. The third kappa shape index (κ3) is 16.5. The van der Waals surface area contributed by atoms with Crippen LogP contribution in [0.2, 0.25) is 0 Å². The standard InChI is InChI=1S/C58H92O27S/c1-31-21-23-34(24-22-31)86(60,61)76-30-35-40(59)46(66-7)51(71-12)55(78-35)82-42-36(26-62-3)79-56(52(72-13)48(42)68-9)83-43-37(27-63-4)80-57(53(73-14)49(43)69-10)84-44-38(28-64-5)81-58(54(74-15)50(44)70-11)85-45-39(29-75-25-33-19-17-16-18-20-33)77-32(2)41(65-6)47(45)67-8/h16-24,32,35-59H,25-30H2,1-15H3/t32-,35?,36?,37+,38+,39?,40-,41?,42-,43+,44+,45-,46-,47+,48-,49?,50?,51?,52?,53?,54?,55-,56-,57+,58+/m0/s1. The van der Waals surface area contributed by atoms with E-state index in [4.69, 9.17) is 113 Å². The predicted octanol–water partition coefficient (Wildman–Crippen LogP) is 1.59. The van der Waals surface area contributed by atoms with Crippen molar-refractivity contribution in [1.82, 2.24) is 0 Å². The minimum Gasteiger partial charge on any atom is -0.387 e. The Bertz CT molecular complexity index is 2350. The van der Waals surface area contributed by atoms with Gasteiger partial charge in [0.2, 0.25) is 0 Å². The molecule has 1 N–H and O–H groups in total. The van der Waals surface area contributed by atoms with Gasteiger partial charge in [-0.05, 0) is 31.5 Å². The number of benzene rings is 2. The van der Waals surface area contributed by atoms with Crippen LogP contribution in [-0.2, 0) is 130 Å². The molecule has 5 aliphatic heterocycles. The SMILES string of the molecule is COCC1O[C@@H](O[C@H]2C(OC)C(OC)[C@@H](O[C@H]3C(OC)C(OC)[C@@H](O[C@H]4C(COCc5ccccc5)O[C@@H](C)C(OC)[C@H]4OC)O[C@@H]3COC)O[C@@H]2COC)C(OC)[C@@H](OC)[C@H]1O[C@@H]1OC(COS(=O)(=O)c2ccc(C)cc2)[C@H](O)[C@H](OC)C1OC. The van der Waals surface area contributed by atoms with E-state index in [0.29, 0.717) is 6.61 Å². The number of ether oxygens (including phenoxy) is 23. The van der Waals surface area contributed by atoms with E-state index in [0.717, 1.165) is 11.1 Å². The second kappa shape index (κ2) is 34.2. The summed E-state index contributed by atoms with van der Waals surface area (Å²) in [6.07, 6.45) is -24.2. The van der Waals surface area contributed by atoms with Crippen LogP contribution in [0.3, 0.4) is 0 Å². The molecule has 5 fully saturated rings. The van der Waals surface area contributed by atoms with Gasteiger partial charge in [-0.3, -0.25) is 4.18 Å². The molecule has 5 aliphatic rings. The zero-order valence-electron chi connectivity index (χ0n) is 51.8. The van der Waals surface area contributed by atoms with Gasteiger partial charge in [-0.1, -0.05) is 48.0 Å². The monoisotopic (exact) mass is 1250 g/mol. The summed E-state index contributed by atoms with van der Waals surface area (Å²) in [6, 6.07) is 15.9. The van der Waals surface area contributed by atoms with Crippen LogP contribution in [0.5, 0.6) is 0 Å². The molecule has 25 atom stereocenters. The average molecular weight is 1250 g/mol. The molecule has 0 amide bonds. The predicted molar refractivity (Wildman–Crippen MR) is 298 cm³/mol. The highest BCUT2D eigenvalue weighted by Gasteiger charge is 2.59. The summed E-state index contributed by atoms with van der Waals surface area (Å²) < 4.78 is 177. The molecule has 0 aromatic heterocycles. The first kappa shape index (κ1) is 70.8. The topological polar surface area (TPSA) is 276 Å². The third-order valence-electron chi connectivity index (χ3n) is 16.2. The van der Waals surface area contributed by atoms with Crippen LogP contribution in [-0.4, -0.2) is 292 Å². The van der Waals surface area contributed by atoms with E-state index >= 15 is 0 Å². The van der Waals surface area contributed by atoms with Crippen molar-refractivity contribution in [3.63, 3.8) is 0 Å². The number of aliphatic hydroxyl groups excluding tert-OH is 1. The van der Waals surface area contributed by atoms with Gasteiger partial charge in [0.1, 0.15) is 122 Å². The summed E-state index contributed by atoms with van der Waals surface area (Å²) in [4.78, 5) is -0.0748. The zero-order valence-corrected chi connectivity index (χ0v) is 52.7. The first-order valence-corrected chi connectivity index (χ1v) is 29.9. The van der Waals surface area contributed by atoms with Gasteiger partial charge in [-0.15, -0.1) is 0 Å². The summed E-state index contributed by atoms with van der Waals surface area (Å²) in [6.45, 7) is 3.53. The number of aryl methyl sites for hydroxylation is 1. The van der Waals surface area contributed by atoms with Crippen LogP contribution in [0, 0.1) is 6.92 Å². The molecule has 0 spiro atoms. The van der Waals surface area contributed by atoms with Crippen molar-refractivity contribution in [2.75, 3.05) is 125 Å². The molecule has 2 aromatic carbocycles. The lowest BCUT2D eigenvalue weighted by Crippen LogP contribution is -2.69. The smallest absolute Gasteiger partial charge is 0.297 e. The fraction of sp³-hybridized carbons (Fsp3) is 0.793. The molecule has 27 nitrogen and oxygen atoms in total. The average Bonchev–Trinajstić information content (AvgIpc) is 1.23. The molecule has 10 unspecified atom stereocenters. The highest BCUT2D eigenvalue weighted by molar-refractivity contribution is 7.86. The lowest BCUT2D eigenvalue weighted by atomic mass is 9.94. The van der Waals surface area contributed by atoms with E-state index in [2.05, 4.69) is 0 Å². The Kier molecular flexibility index (Phi) is 28.1. The van der Waals surface area contributed by atoms with Crippen molar-refractivity contribution >= 4 is 10.1 Å². The lowest BCUT2D eigenvalue weighted by molar-refractivity contribution is -0.397. The van der Waals surface area contributed by atoms with Crippen molar-refractivity contribution in [3.05, 3.63) is 65.7 Å². The quantitative estimate of drug-likeness (QED) is 0.102. The van der Waals surface area contributed by atoms with Gasteiger partial charge in [0.25, 0.3) is 10.1 Å². The maximum Gasteiger partial charge on any atom is 0.297 e. The van der Waals surface area contributed by atoms with Crippen LogP contribution in [0.1, 0.15) is 18.1 Å². The first-order chi connectivity index (χ1) is 41.6. The van der Waals surface area contributed by atoms with Crippen LogP contribution >= 0.6 is 0 Å². The molecule has 86 heavy (non-hydrogen) atoms. The number of methoxy groups -OCH3 is 13. The summed E-state index contributed by atoms with van der Waals surface area (Å²) in [5.41, 5.74) is 1.85. The summed E-state index contributed by atoms with van der Waals surface area (Å²) in [5.74, 6) is 0. The molecule has 5 heterocycles. The normalized spacial score (nSPS) is 38.9. The molecule has 492 valence electrons. The third-order valence-corrected chi connectivity index (χ3v) is 17.5. The van der Waals surface area contributed by atoms with Gasteiger partial charge >= 0.3 is 0 Å². The Morgan fingerprint density at radius 1 is 0.395 bits per heavy atom. The maximum absolute atomic E-state index is 13.3. The molecular formula is C58H92O27S. The van der Waals surface area contributed by atoms with E-state index < -0.39 is 164 Å². The van der Waals surface area contributed by atoms with E-state index in [9.17, 15) is 13.5 Å². The van der Waals surface area contributed by atoms with E-state index in [-0.39, 0.29) is 37.4 Å². The minimum atomic E-state index is -4.27. The Morgan fingerprint density at radius 2 is 0.744 bits per heavy atom. The van der Waals surface area contributed by atoms with E-state index in [1.54, 1.807) is 26.4 Å². The fourth-order valence-corrected chi connectivity index (χ4v) is 12.9. The molecule has 5 saturated heterocycles. The lowest BCUT2D eigenvalue weighted by Gasteiger charge is -2.52. The number of rotatable bonds is 32. The molecule has 0 radical (unpaired) electrons. The second-order valence-electron chi connectivity index (χ2n) is 21.4. The Morgan fingerprint density at radius 3 is 1.12 bits per heavy atom. The van der Waals surface area contributed by atoms with Crippen LogP contribution in [0.15, 0.2) is 59.5 Å². The number of hydrogen-bond donors (Lipinski definition) is 1. The summed E-state index contributed by atoms with van der Waals surface area (Å²) in [7, 11) is 15.1. The van der Waals surface area contributed by atoms with Gasteiger partial charge in [0.15, 0.2) is 25.2 Å². The summed E-state index contributed by atoms with van der Waals surface area (Å²) in [5, 5.41) is 11.5. The van der Waals surface area contributed by atoms with Crippen molar-refractivity contribution < 1.29 is 127 Å². The molecule has 0 aliphatic carbocycles. The van der Waals surface area contributed by atoms with E-state index in [1.807, 2.05) is 44.2 Å². The van der Waals surface area contributed by atoms with Crippen LogP contribution < -0.4 is 0 Å². The molecule has 0 bridgehead atoms. The Balaban J connectivity index is 1.10. The molecule has 0 saturated carbocycles. The molecule has 2 aromatic rings. The van der Waals surface area contributed by atoms with Gasteiger partial charge in [-0.2, -0.15) is 8.42 Å². The molecular weight excluding hydrogens is 1160 g/mol. The van der Waals surface area contributed by atoms with Crippen LogP contribution in [0.4, 0.5) is 0 Å². The van der Waals surface area contributed by atoms with Gasteiger partial charge in [0.05, 0.1) is 50.6 Å². The minimum absolute atomic E-state index is 0.00948. The Labute approximate surface area is 505 Å². The van der Waals surface area contributed by atoms with Gasteiger partial charge in [0, 0.05) is 92.4 Å². The molecule has 28 heteroatoms. The van der Waals surface area contributed by atoms with Crippen molar-refractivity contribution in [2.45, 2.75) is 179 Å². The fourth-order valence-electron chi connectivity index (χ4n) is 12.0. The molecule has 7 rings (SSSR count). The van der Waals surface area contributed by atoms with Crippen LogP contribution in [0.25, 0.3) is 0 Å². The van der Waals surface area contributed by atoms with Crippen molar-refractivity contribution in [3.8, 4) is 0 Å². The summed E-state index contributed by atoms with van der Waals surface area (Å²) >= 11 is 0. The maximum atomic E-state index is 13.3. The highest BCUT2D eigenvalue weighted by atomic mass is 32.2. The van der Waals surface area contributed by atoms with E-state index in [1.165, 1.54) is 90.3 Å². The van der Waals surface area contributed by atoms with Gasteiger partial charge in [-0.25, -0.2) is 0 Å². The largest absolute Gasteiger partial charge is 0.387 e. The second-order valence-corrected chi connectivity index (χ2v) is 23.0. The van der Waals surface area contributed by atoms with Crippen molar-refractivity contribution in [2.24, 2.45) is 0 Å². The van der Waals surface area contributed by atoms with Crippen molar-refractivity contribution in [1.29, 1.82) is 0 Å². The highest BCUT2D eigenvalue weighted by Crippen LogP contribution is 2.40. The van der Waals surface area contributed by atoms with Gasteiger partial charge < -0.3 is 114 Å². The number of aliphatic hydroxyl groups is 1. The Hall–Kier alpha value is -2.61. The number of hydrogen-bond acceptors (Lipinski definition) is 27.